The number of rotatable bonds is 4. The van der Waals surface area contributed by atoms with Crippen LogP contribution in [0.15, 0.2) is 23.2 Å². The minimum atomic E-state index is -3.60. The Kier molecular flexibility index (Phi) is 3.71. The summed E-state index contributed by atoms with van der Waals surface area (Å²) in [5, 5.41) is 8.75. The van der Waals surface area contributed by atoms with Gasteiger partial charge in [0.25, 0.3) is 0 Å². The van der Waals surface area contributed by atoms with Crippen molar-refractivity contribution in [3.8, 4) is 6.07 Å². The molecule has 3 rings (SSSR count). The SMILES string of the molecule is COC1CC(N(C)S(=O)(=O)c2ccc(C#N)nc2)C12CCC2. The molecule has 118 valence electrons. The number of pyridine rings is 1. The van der Waals surface area contributed by atoms with Crippen LogP contribution in [-0.2, 0) is 14.8 Å². The third kappa shape index (κ3) is 2.06. The first-order valence-electron chi connectivity index (χ1n) is 7.33. The highest BCUT2D eigenvalue weighted by atomic mass is 32.2. The molecule has 2 saturated carbocycles. The van der Waals surface area contributed by atoms with Gasteiger partial charge in [-0.3, -0.25) is 0 Å². The average Bonchev–Trinajstić information content (AvgIpc) is 2.45. The van der Waals surface area contributed by atoms with Crippen LogP contribution in [0.5, 0.6) is 0 Å². The summed E-state index contributed by atoms with van der Waals surface area (Å²) < 4.78 is 32.5. The lowest BCUT2D eigenvalue weighted by atomic mass is 9.51. The number of sulfonamides is 1. The Morgan fingerprint density at radius 3 is 2.64 bits per heavy atom. The fourth-order valence-electron chi connectivity index (χ4n) is 3.74. The maximum atomic E-state index is 12.8. The van der Waals surface area contributed by atoms with E-state index in [-0.39, 0.29) is 28.2 Å². The molecule has 2 fully saturated rings. The standard InChI is InChI=1S/C15H19N3O3S/c1-18(13-8-14(21-2)15(13)6-3-7-15)22(19,20)12-5-4-11(9-16)17-10-12/h4-5,10,13-14H,3,6-8H2,1-2H3. The van der Waals surface area contributed by atoms with Crippen molar-refractivity contribution in [1.29, 1.82) is 5.26 Å². The molecule has 2 aliphatic carbocycles. The van der Waals surface area contributed by atoms with E-state index in [0.717, 1.165) is 25.7 Å². The van der Waals surface area contributed by atoms with Gasteiger partial charge in [-0.05, 0) is 31.4 Å². The number of methoxy groups -OCH3 is 1. The van der Waals surface area contributed by atoms with E-state index in [1.54, 1.807) is 14.2 Å². The molecule has 2 aliphatic rings. The largest absolute Gasteiger partial charge is 0.381 e. The van der Waals surface area contributed by atoms with Crippen LogP contribution in [0.25, 0.3) is 0 Å². The molecule has 2 unspecified atom stereocenters. The number of nitriles is 1. The Bertz CT molecular complexity index is 705. The molecule has 0 bridgehead atoms. The normalized spacial score (nSPS) is 26.3. The van der Waals surface area contributed by atoms with Gasteiger partial charge < -0.3 is 4.74 Å². The van der Waals surface area contributed by atoms with Gasteiger partial charge in [0.1, 0.15) is 16.7 Å². The molecule has 22 heavy (non-hydrogen) atoms. The van der Waals surface area contributed by atoms with Crippen molar-refractivity contribution >= 4 is 10.0 Å². The Morgan fingerprint density at radius 2 is 2.18 bits per heavy atom. The third-order valence-corrected chi connectivity index (χ3v) is 7.13. The summed E-state index contributed by atoms with van der Waals surface area (Å²) in [4.78, 5) is 3.99. The topological polar surface area (TPSA) is 83.3 Å². The molecule has 0 N–H and O–H groups in total. The van der Waals surface area contributed by atoms with Crippen LogP contribution in [0.3, 0.4) is 0 Å². The zero-order valence-electron chi connectivity index (χ0n) is 12.7. The van der Waals surface area contributed by atoms with Gasteiger partial charge in [-0.15, -0.1) is 0 Å². The van der Waals surface area contributed by atoms with Gasteiger partial charge in [0.05, 0.1) is 6.10 Å². The summed E-state index contributed by atoms with van der Waals surface area (Å²) in [6, 6.07) is 4.74. The highest BCUT2D eigenvalue weighted by molar-refractivity contribution is 7.89. The van der Waals surface area contributed by atoms with Crippen LogP contribution >= 0.6 is 0 Å². The summed E-state index contributed by atoms with van der Waals surface area (Å²) in [5.74, 6) is 0. The molecular weight excluding hydrogens is 302 g/mol. The Balaban J connectivity index is 1.85. The van der Waals surface area contributed by atoms with E-state index < -0.39 is 10.0 Å². The predicted molar refractivity (Wildman–Crippen MR) is 79.4 cm³/mol. The van der Waals surface area contributed by atoms with E-state index in [2.05, 4.69) is 4.98 Å². The molecule has 0 saturated heterocycles. The second-order valence-electron chi connectivity index (χ2n) is 6.07. The molecule has 0 radical (unpaired) electrons. The lowest BCUT2D eigenvalue weighted by Gasteiger charge is -2.62. The van der Waals surface area contributed by atoms with Crippen LogP contribution in [0.2, 0.25) is 0 Å². The molecule has 1 heterocycles. The first-order valence-corrected chi connectivity index (χ1v) is 8.77. The van der Waals surface area contributed by atoms with Gasteiger partial charge in [0.2, 0.25) is 10.0 Å². The van der Waals surface area contributed by atoms with Gasteiger partial charge in [-0.25, -0.2) is 13.4 Å². The van der Waals surface area contributed by atoms with Crippen molar-refractivity contribution in [3.63, 3.8) is 0 Å². The van der Waals surface area contributed by atoms with Crippen molar-refractivity contribution in [2.45, 2.75) is 42.7 Å². The molecule has 7 heteroatoms. The zero-order chi connectivity index (χ0) is 16.0. The number of hydrogen-bond acceptors (Lipinski definition) is 5. The summed E-state index contributed by atoms with van der Waals surface area (Å²) in [7, 11) is -0.274. The summed E-state index contributed by atoms with van der Waals surface area (Å²) in [6.45, 7) is 0. The van der Waals surface area contributed by atoms with Crippen LogP contribution in [-0.4, -0.2) is 44.0 Å². The smallest absolute Gasteiger partial charge is 0.244 e. The van der Waals surface area contributed by atoms with Crippen LogP contribution < -0.4 is 0 Å². The first-order chi connectivity index (χ1) is 10.5. The van der Waals surface area contributed by atoms with Crippen LogP contribution in [0, 0.1) is 16.7 Å². The fraction of sp³-hybridized carbons (Fsp3) is 0.600. The van der Waals surface area contributed by atoms with E-state index in [0.29, 0.717) is 0 Å². The molecule has 0 amide bonds. The van der Waals surface area contributed by atoms with Crippen LogP contribution in [0.1, 0.15) is 31.4 Å². The lowest BCUT2D eigenvalue weighted by Crippen LogP contribution is -2.67. The molecule has 1 aromatic rings. The highest BCUT2D eigenvalue weighted by Gasteiger charge is 2.61. The second kappa shape index (κ2) is 5.30. The number of nitrogens with zero attached hydrogens (tertiary/aromatic N) is 3. The van der Waals surface area contributed by atoms with Gasteiger partial charge in [-0.1, -0.05) is 6.42 Å². The van der Waals surface area contributed by atoms with E-state index in [9.17, 15) is 8.42 Å². The summed E-state index contributed by atoms with van der Waals surface area (Å²) >= 11 is 0. The summed E-state index contributed by atoms with van der Waals surface area (Å²) in [6.07, 6.45) is 5.30. The van der Waals surface area contributed by atoms with E-state index in [4.69, 9.17) is 10.00 Å². The Morgan fingerprint density at radius 1 is 1.45 bits per heavy atom. The van der Waals surface area contributed by atoms with Crippen molar-refractivity contribution in [3.05, 3.63) is 24.0 Å². The Labute approximate surface area is 130 Å². The van der Waals surface area contributed by atoms with Crippen molar-refractivity contribution < 1.29 is 13.2 Å². The van der Waals surface area contributed by atoms with Gasteiger partial charge in [0, 0.05) is 31.8 Å². The van der Waals surface area contributed by atoms with E-state index >= 15 is 0 Å². The monoisotopic (exact) mass is 321 g/mol. The molecule has 2 atom stereocenters. The maximum absolute atomic E-state index is 12.8. The van der Waals surface area contributed by atoms with Crippen molar-refractivity contribution in [2.75, 3.05) is 14.2 Å². The average molecular weight is 321 g/mol. The van der Waals surface area contributed by atoms with Gasteiger partial charge in [0.15, 0.2) is 0 Å². The number of hydrogen-bond donors (Lipinski definition) is 0. The molecule has 0 aliphatic heterocycles. The maximum Gasteiger partial charge on any atom is 0.244 e. The first kappa shape index (κ1) is 15.4. The van der Waals surface area contributed by atoms with Crippen molar-refractivity contribution in [1.82, 2.24) is 9.29 Å². The third-order valence-electron chi connectivity index (χ3n) is 5.28. The quantitative estimate of drug-likeness (QED) is 0.840. The minimum absolute atomic E-state index is 0.0173. The molecule has 1 aromatic heterocycles. The Hall–Kier alpha value is -1.49. The number of ether oxygens (including phenoxy) is 1. The predicted octanol–water partition coefficient (Wildman–Crippen LogP) is 1.53. The molecule has 1 spiro atoms. The minimum Gasteiger partial charge on any atom is -0.381 e. The van der Waals surface area contributed by atoms with Crippen molar-refractivity contribution in [2.24, 2.45) is 5.41 Å². The van der Waals surface area contributed by atoms with E-state index in [1.165, 1.54) is 22.6 Å². The highest BCUT2D eigenvalue weighted by Crippen LogP contribution is 2.59. The van der Waals surface area contributed by atoms with Crippen LogP contribution in [0.4, 0.5) is 0 Å². The summed E-state index contributed by atoms with van der Waals surface area (Å²) in [5.41, 5.74) is 0.191. The lowest BCUT2D eigenvalue weighted by molar-refractivity contribution is -0.177. The fourth-order valence-corrected chi connectivity index (χ4v) is 5.13. The second-order valence-corrected chi connectivity index (χ2v) is 8.07. The number of aromatic nitrogens is 1. The zero-order valence-corrected chi connectivity index (χ0v) is 13.5. The van der Waals surface area contributed by atoms with Gasteiger partial charge >= 0.3 is 0 Å². The molecular formula is C15H19N3O3S. The molecule has 0 aromatic carbocycles. The molecule has 6 nitrogen and oxygen atoms in total. The van der Waals surface area contributed by atoms with E-state index in [1.807, 2.05) is 6.07 Å². The van der Waals surface area contributed by atoms with Gasteiger partial charge in [-0.2, -0.15) is 9.57 Å².